The SMILES string of the molecule is Cc1ncsc1-c1ccc(C(C)NC(=O)[C@@H]2C[C@@H](O)CN2C(=O)C(NC(=O)CN2CCC(c3ccc(-c4cc(-c5ccccc5O)nnc4N)cc3)CC2)C(C)(C)C)cc1. The molecule has 3 amide bonds. The molecule has 7 rings (SSSR count). The number of anilines is 1. The molecule has 13 nitrogen and oxygen atoms in total. The summed E-state index contributed by atoms with van der Waals surface area (Å²) in [6, 6.07) is 23.0. The number of para-hydroxylation sites is 1. The van der Waals surface area contributed by atoms with Gasteiger partial charge in [-0.1, -0.05) is 81.4 Å². The number of phenolic OH excluding ortho intramolecular Hbond substituents is 1. The Bertz CT molecular complexity index is 2320. The number of aromatic hydroxyl groups is 1. The molecule has 6 N–H and O–H groups in total. The summed E-state index contributed by atoms with van der Waals surface area (Å²) in [5.74, 6) is -0.253. The number of nitrogens with one attached hydrogen (secondary N) is 2. The Hall–Kier alpha value is -5.70. The van der Waals surface area contributed by atoms with Gasteiger partial charge in [-0.05, 0) is 91.6 Å². The van der Waals surface area contributed by atoms with E-state index in [-0.39, 0.29) is 49.0 Å². The summed E-state index contributed by atoms with van der Waals surface area (Å²) in [5, 5.41) is 35.4. The van der Waals surface area contributed by atoms with E-state index in [9.17, 15) is 24.6 Å². The average Bonchev–Trinajstić information content (AvgIpc) is 3.85. The summed E-state index contributed by atoms with van der Waals surface area (Å²) in [6.45, 7) is 11.1. The molecule has 2 unspecified atom stereocenters. The largest absolute Gasteiger partial charge is 0.507 e. The normalized spacial score (nSPS) is 18.5. The second kappa shape index (κ2) is 17.9. The predicted molar refractivity (Wildman–Crippen MR) is 234 cm³/mol. The number of hydrogen-bond acceptors (Lipinski definition) is 11. The molecule has 4 atom stereocenters. The van der Waals surface area contributed by atoms with Gasteiger partial charge in [0, 0.05) is 24.1 Å². The number of benzene rings is 3. The smallest absolute Gasteiger partial charge is 0.246 e. The molecule has 2 fully saturated rings. The van der Waals surface area contributed by atoms with Crippen molar-refractivity contribution in [1.82, 2.24) is 35.6 Å². The van der Waals surface area contributed by atoms with Gasteiger partial charge in [0.25, 0.3) is 0 Å². The molecule has 3 aromatic carbocycles. The molecule has 0 aliphatic carbocycles. The van der Waals surface area contributed by atoms with Crippen LogP contribution in [0, 0.1) is 12.3 Å². The van der Waals surface area contributed by atoms with E-state index in [2.05, 4.69) is 42.8 Å². The number of carbonyl (C=O) groups is 3. The maximum atomic E-state index is 14.2. The van der Waals surface area contributed by atoms with Gasteiger partial charge in [-0.25, -0.2) is 4.98 Å². The van der Waals surface area contributed by atoms with E-state index in [0.717, 1.165) is 45.7 Å². The Kier molecular flexibility index (Phi) is 12.6. The fraction of sp³-hybridized carbons (Fsp3) is 0.391. The van der Waals surface area contributed by atoms with Gasteiger partial charge < -0.3 is 31.5 Å². The van der Waals surface area contributed by atoms with Crippen molar-refractivity contribution in [2.45, 2.75) is 84.0 Å². The standard InChI is InChI=1S/C46H54N8O5S/c1-27(29-10-16-33(17-11-29)41-28(2)48-26-60-41)49-44(58)38-22-34(55)24-54(38)45(59)42(46(3,4)5)50-40(57)25-53-20-18-31(19-21-53)30-12-14-32(15-13-30)36-23-37(51-52-43(36)47)35-8-6-7-9-39(35)56/h6-17,23,26-27,31,34,38,42,55-56H,18-22,24-25H2,1-5H3,(H2,47,52)(H,49,58)(H,50,57)/t27?,34-,38+,42?/m1/s1. The molecule has 0 bridgehead atoms. The summed E-state index contributed by atoms with van der Waals surface area (Å²) >= 11 is 1.58. The van der Waals surface area contributed by atoms with Gasteiger partial charge in [-0.15, -0.1) is 21.5 Å². The molecule has 2 aromatic heterocycles. The number of aliphatic hydroxyl groups is 1. The maximum absolute atomic E-state index is 14.2. The number of carbonyl (C=O) groups excluding carboxylic acids is 3. The third kappa shape index (κ3) is 9.51. The van der Waals surface area contributed by atoms with E-state index < -0.39 is 23.6 Å². The van der Waals surface area contributed by atoms with E-state index in [0.29, 0.717) is 36.1 Å². The summed E-state index contributed by atoms with van der Waals surface area (Å²) in [4.78, 5) is 50.5. The van der Waals surface area contributed by atoms with E-state index in [4.69, 9.17) is 5.73 Å². The number of nitrogen functional groups attached to an aromatic ring is 1. The number of hydrogen-bond donors (Lipinski definition) is 5. The lowest BCUT2D eigenvalue weighted by atomic mass is 9.85. The first-order valence-electron chi connectivity index (χ1n) is 20.5. The van der Waals surface area contributed by atoms with Crippen LogP contribution in [0.5, 0.6) is 5.75 Å². The summed E-state index contributed by atoms with van der Waals surface area (Å²) < 4.78 is 0. The first-order chi connectivity index (χ1) is 28.7. The number of nitrogens with two attached hydrogens (primary N) is 1. The quantitative estimate of drug-likeness (QED) is 0.105. The number of aryl methyl sites for hydroxylation is 1. The zero-order chi connectivity index (χ0) is 42.7. The molecule has 0 saturated carbocycles. The average molecular weight is 831 g/mol. The highest BCUT2D eigenvalue weighted by molar-refractivity contribution is 7.13. The van der Waals surface area contributed by atoms with Gasteiger partial charge in [0.15, 0.2) is 5.82 Å². The van der Waals surface area contributed by atoms with E-state index >= 15 is 0 Å². The van der Waals surface area contributed by atoms with Crippen LogP contribution in [-0.4, -0.2) is 97.3 Å². The Morgan fingerprint density at radius 3 is 2.27 bits per heavy atom. The van der Waals surface area contributed by atoms with Crippen molar-refractivity contribution in [3.05, 3.63) is 101 Å². The summed E-state index contributed by atoms with van der Waals surface area (Å²) in [5.41, 5.74) is 14.3. The third-order valence-electron chi connectivity index (χ3n) is 11.7. The van der Waals surface area contributed by atoms with Crippen molar-refractivity contribution in [3.8, 4) is 38.6 Å². The minimum Gasteiger partial charge on any atom is -0.507 e. The van der Waals surface area contributed by atoms with Crippen LogP contribution in [-0.2, 0) is 14.4 Å². The lowest BCUT2D eigenvalue weighted by molar-refractivity contribution is -0.144. The molecule has 2 saturated heterocycles. The highest BCUT2D eigenvalue weighted by Crippen LogP contribution is 2.35. The van der Waals surface area contributed by atoms with E-state index in [1.807, 2.05) is 88.7 Å². The van der Waals surface area contributed by atoms with Gasteiger partial charge in [-0.2, -0.15) is 0 Å². The number of β-amino-alcohol motifs (C(OH)–C–C–N with tert-alkyl or cyclic N) is 1. The minimum atomic E-state index is -0.902. The van der Waals surface area contributed by atoms with Crippen molar-refractivity contribution in [2.24, 2.45) is 5.41 Å². The number of aliphatic hydroxyl groups excluding tert-OH is 1. The molecule has 2 aliphatic rings. The van der Waals surface area contributed by atoms with Crippen molar-refractivity contribution >= 4 is 34.9 Å². The highest BCUT2D eigenvalue weighted by atomic mass is 32.1. The van der Waals surface area contributed by atoms with Gasteiger partial charge in [-0.3, -0.25) is 19.3 Å². The lowest BCUT2D eigenvalue weighted by Gasteiger charge is -2.36. The first kappa shape index (κ1) is 42.4. The molecule has 60 heavy (non-hydrogen) atoms. The van der Waals surface area contributed by atoms with E-state index in [1.165, 1.54) is 10.5 Å². The van der Waals surface area contributed by atoms with Gasteiger partial charge in [0.1, 0.15) is 17.8 Å². The lowest BCUT2D eigenvalue weighted by Crippen LogP contribution is -2.59. The van der Waals surface area contributed by atoms with Crippen LogP contribution >= 0.6 is 11.3 Å². The molecule has 0 radical (unpaired) electrons. The molecular formula is C46H54N8O5S. The minimum absolute atomic E-state index is 0.0112. The van der Waals surface area contributed by atoms with Crippen LogP contribution < -0.4 is 16.4 Å². The van der Waals surface area contributed by atoms with Crippen LogP contribution in [0.15, 0.2) is 84.4 Å². The number of amides is 3. The zero-order valence-electron chi connectivity index (χ0n) is 34.8. The Labute approximate surface area is 355 Å². The second-order valence-electron chi connectivity index (χ2n) is 17.1. The fourth-order valence-electron chi connectivity index (χ4n) is 8.24. The summed E-state index contributed by atoms with van der Waals surface area (Å²) in [7, 11) is 0. The molecule has 5 aromatic rings. The number of piperidine rings is 1. The molecule has 0 spiro atoms. The topological polar surface area (TPSA) is 187 Å². The number of aromatic nitrogens is 3. The van der Waals surface area contributed by atoms with Gasteiger partial charge in [0.05, 0.1) is 40.5 Å². The van der Waals surface area contributed by atoms with Crippen LogP contribution in [0.25, 0.3) is 32.8 Å². The van der Waals surface area contributed by atoms with Crippen molar-refractivity contribution < 1.29 is 24.6 Å². The molecule has 14 heteroatoms. The molecule has 314 valence electrons. The van der Waals surface area contributed by atoms with Gasteiger partial charge >= 0.3 is 0 Å². The van der Waals surface area contributed by atoms with Crippen molar-refractivity contribution in [1.29, 1.82) is 0 Å². The number of likely N-dealkylation sites (tertiary alicyclic amines) is 2. The van der Waals surface area contributed by atoms with Crippen LogP contribution in [0.3, 0.4) is 0 Å². The first-order valence-corrected chi connectivity index (χ1v) is 21.4. The number of phenols is 1. The number of nitrogens with zero attached hydrogens (tertiary/aromatic N) is 5. The maximum Gasteiger partial charge on any atom is 0.246 e. The number of rotatable bonds is 11. The highest BCUT2D eigenvalue weighted by Gasteiger charge is 2.45. The Balaban J connectivity index is 0.932. The Morgan fingerprint density at radius 2 is 1.62 bits per heavy atom. The van der Waals surface area contributed by atoms with Crippen molar-refractivity contribution in [2.75, 3.05) is 31.9 Å². The Morgan fingerprint density at radius 1 is 0.933 bits per heavy atom. The second-order valence-corrected chi connectivity index (χ2v) is 18.0. The van der Waals surface area contributed by atoms with Crippen molar-refractivity contribution in [3.63, 3.8) is 0 Å². The van der Waals surface area contributed by atoms with Gasteiger partial charge in [0.2, 0.25) is 17.7 Å². The van der Waals surface area contributed by atoms with Crippen LogP contribution in [0.2, 0.25) is 0 Å². The molecule has 2 aliphatic heterocycles. The monoisotopic (exact) mass is 830 g/mol. The summed E-state index contributed by atoms with van der Waals surface area (Å²) in [6.07, 6.45) is 0.985. The zero-order valence-corrected chi connectivity index (χ0v) is 35.6. The third-order valence-corrected chi connectivity index (χ3v) is 12.7. The fourth-order valence-corrected chi connectivity index (χ4v) is 9.05. The van der Waals surface area contributed by atoms with Crippen LogP contribution in [0.4, 0.5) is 5.82 Å². The number of thiazole rings is 1. The molecule has 4 heterocycles. The van der Waals surface area contributed by atoms with Crippen LogP contribution in [0.1, 0.15) is 75.7 Å². The van der Waals surface area contributed by atoms with E-state index in [1.54, 1.807) is 29.5 Å². The molecular weight excluding hydrogens is 777 g/mol. The predicted octanol–water partition coefficient (Wildman–Crippen LogP) is 6.08.